The molecule has 3 saturated heterocycles. The number of benzene rings is 4. The van der Waals surface area contributed by atoms with E-state index in [-0.39, 0.29) is 19.8 Å². The van der Waals surface area contributed by atoms with Gasteiger partial charge in [0, 0.05) is 0 Å². The summed E-state index contributed by atoms with van der Waals surface area (Å²) < 4.78 is 58.6. The van der Waals surface area contributed by atoms with Crippen molar-refractivity contribution in [2.24, 2.45) is 0 Å². The molecule has 3 aliphatic rings. The van der Waals surface area contributed by atoms with Crippen molar-refractivity contribution >= 4 is 0 Å². The Morgan fingerprint density at radius 1 is 0.538 bits per heavy atom. The van der Waals surface area contributed by atoms with Gasteiger partial charge in [0.15, 0.2) is 18.4 Å². The average Bonchev–Trinajstić information content (AvgIpc) is 3.65. The molecule has 0 aliphatic carbocycles. The summed E-state index contributed by atoms with van der Waals surface area (Å²) in [5, 5.41) is 10.4. The third kappa shape index (κ3) is 9.34. The highest BCUT2D eigenvalue weighted by Crippen LogP contribution is 2.41. The van der Waals surface area contributed by atoms with E-state index in [0.717, 1.165) is 22.3 Å². The van der Waals surface area contributed by atoms with E-state index in [4.69, 9.17) is 42.6 Å². The molecule has 0 spiro atoms. The van der Waals surface area contributed by atoms with Gasteiger partial charge in [-0.05, 0) is 36.1 Å². The van der Waals surface area contributed by atoms with Gasteiger partial charge in [-0.3, -0.25) is 0 Å². The van der Waals surface area contributed by atoms with Gasteiger partial charge < -0.3 is 47.7 Å². The van der Waals surface area contributed by atoms with Gasteiger partial charge in [-0.1, -0.05) is 121 Å². The Morgan fingerprint density at radius 3 is 1.54 bits per heavy atom. The highest BCUT2D eigenvalue weighted by atomic mass is 16.9. The van der Waals surface area contributed by atoms with Crippen LogP contribution in [0.1, 0.15) is 36.1 Å². The quantitative estimate of drug-likeness (QED) is 0.150. The molecule has 4 aromatic rings. The molecule has 1 N–H and O–H groups in total. The maximum Gasteiger partial charge on any atom is 0.190 e. The zero-order valence-corrected chi connectivity index (χ0v) is 29.6. The summed E-state index contributed by atoms with van der Waals surface area (Å²) in [6.45, 7) is 4.81. The van der Waals surface area contributed by atoms with E-state index < -0.39 is 61.1 Å². The molecule has 0 radical (unpaired) electrons. The zero-order chi connectivity index (χ0) is 35.8. The lowest BCUT2D eigenvalue weighted by atomic mass is 9.97. The number of ether oxygens (including phenoxy) is 9. The molecule has 52 heavy (non-hydrogen) atoms. The van der Waals surface area contributed by atoms with Gasteiger partial charge in [0.1, 0.15) is 42.7 Å². The lowest BCUT2D eigenvalue weighted by Gasteiger charge is -2.46. The maximum absolute atomic E-state index is 10.4. The lowest BCUT2D eigenvalue weighted by molar-refractivity contribution is -0.344. The first-order chi connectivity index (χ1) is 25.5. The molecular formula is C42H48O10. The van der Waals surface area contributed by atoms with Crippen LogP contribution in [-0.2, 0) is 69.1 Å². The smallest absolute Gasteiger partial charge is 0.190 e. The average molecular weight is 713 g/mol. The Hall–Kier alpha value is -3.52. The zero-order valence-electron chi connectivity index (χ0n) is 29.6. The summed E-state index contributed by atoms with van der Waals surface area (Å²) in [6, 6.07) is 39.9. The summed E-state index contributed by atoms with van der Waals surface area (Å²) in [5.41, 5.74) is 4.02. The Bertz CT molecular complexity index is 1630. The van der Waals surface area contributed by atoms with E-state index in [2.05, 4.69) is 0 Å². The fraction of sp³-hybridized carbons (Fsp3) is 0.429. The number of hydrogen-bond acceptors (Lipinski definition) is 10. The Kier molecular flexibility index (Phi) is 12.4. The van der Waals surface area contributed by atoms with E-state index in [9.17, 15) is 5.11 Å². The van der Waals surface area contributed by atoms with Gasteiger partial charge in [0.05, 0.1) is 39.6 Å². The van der Waals surface area contributed by atoms with Crippen LogP contribution in [0, 0.1) is 0 Å². The van der Waals surface area contributed by atoms with E-state index in [0.29, 0.717) is 19.8 Å². The second-order valence-electron chi connectivity index (χ2n) is 13.8. The predicted molar refractivity (Wildman–Crippen MR) is 190 cm³/mol. The minimum Gasteiger partial charge on any atom is -0.394 e. The first kappa shape index (κ1) is 36.8. The van der Waals surface area contributed by atoms with E-state index in [1.165, 1.54) is 0 Å². The Morgan fingerprint density at radius 2 is 1.02 bits per heavy atom. The van der Waals surface area contributed by atoms with Crippen LogP contribution < -0.4 is 0 Å². The predicted octanol–water partition coefficient (Wildman–Crippen LogP) is 5.94. The van der Waals surface area contributed by atoms with Crippen molar-refractivity contribution < 1.29 is 47.7 Å². The third-order valence-corrected chi connectivity index (χ3v) is 9.40. The van der Waals surface area contributed by atoms with Crippen LogP contribution in [0.15, 0.2) is 121 Å². The summed E-state index contributed by atoms with van der Waals surface area (Å²) >= 11 is 0. The molecule has 3 unspecified atom stereocenters. The molecule has 10 nitrogen and oxygen atoms in total. The van der Waals surface area contributed by atoms with Gasteiger partial charge in [-0.15, -0.1) is 0 Å². The molecule has 0 saturated carbocycles. The highest BCUT2D eigenvalue weighted by molar-refractivity contribution is 5.16. The largest absolute Gasteiger partial charge is 0.394 e. The molecule has 3 fully saturated rings. The SMILES string of the molecule is CC1(C)O[C@H]2O[C@H](CO)[C@H](O[C@@H]3OC(COCc4ccccc4)[C@H](OCc4ccccc4)C(OCc4ccccc4)C3OCc3ccccc3)[C@H]2O1. The minimum absolute atomic E-state index is 0.189. The van der Waals surface area contributed by atoms with Gasteiger partial charge in [0.25, 0.3) is 0 Å². The molecule has 0 bridgehead atoms. The second kappa shape index (κ2) is 17.5. The summed E-state index contributed by atoms with van der Waals surface area (Å²) in [4.78, 5) is 0. The van der Waals surface area contributed by atoms with Crippen molar-refractivity contribution in [1.29, 1.82) is 0 Å². The van der Waals surface area contributed by atoms with E-state index in [1.54, 1.807) is 0 Å². The monoisotopic (exact) mass is 712 g/mol. The molecule has 7 rings (SSSR count). The van der Waals surface area contributed by atoms with Gasteiger partial charge in [-0.25, -0.2) is 0 Å². The van der Waals surface area contributed by atoms with Crippen LogP contribution >= 0.6 is 0 Å². The van der Waals surface area contributed by atoms with Crippen LogP contribution in [0.4, 0.5) is 0 Å². The topological polar surface area (TPSA) is 103 Å². The molecule has 3 aliphatic heterocycles. The van der Waals surface area contributed by atoms with Crippen molar-refractivity contribution in [2.45, 2.75) is 101 Å². The van der Waals surface area contributed by atoms with Crippen LogP contribution in [-0.4, -0.2) is 79.4 Å². The molecule has 276 valence electrons. The van der Waals surface area contributed by atoms with Crippen LogP contribution in [0.5, 0.6) is 0 Å². The third-order valence-electron chi connectivity index (χ3n) is 9.40. The summed E-state index contributed by atoms with van der Waals surface area (Å²) in [7, 11) is 0. The van der Waals surface area contributed by atoms with Gasteiger partial charge >= 0.3 is 0 Å². The highest BCUT2D eigenvalue weighted by Gasteiger charge is 2.58. The van der Waals surface area contributed by atoms with Crippen LogP contribution in [0.2, 0.25) is 0 Å². The van der Waals surface area contributed by atoms with Crippen molar-refractivity contribution in [3.8, 4) is 0 Å². The summed E-state index contributed by atoms with van der Waals surface area (Å²) in [6.07, 6.45) is -6.43. The van der Waals surface area contributed by atoms with Crippen molar-refractivity contribution in [3.63, 3.8) is 0 Å². The molecule has 0 aromatic heterocycles. The molecular weight excluding hydrogens is 664 g/mol. The van der Waals surface area contributed by atoms with Crippen molar-refractivity contribution in [1.82, 2.24) is 0 Å². The number of rotatable bonds is 16. The Labute approximate surface area is 305 Å². The van der Waals surface area contributed by atoms with E-state index >= 15 is 0 Å². The molecule has 10 heteroatoms. The fourth-order valence-electron chi connectivity index (χ4n) is 6.87. The van der Waals surface area contributed by atoms with Crippen LogP contribution in [0.3, 0.4) is 0 Å². The molecule has 4 aromatic carbocycles. The van der Waals surface area contributed by atoms with Crippen molar-refractivity contribution in [3.05, 3.63) is 144 Å². The first-order valence-corrected chi connectivity index (χ1v) is 18.0. The molecule has 3 heterocycles. The maximum atomic E-state index is 10.4. The molecule has 9 atom stereocenters. The van der Waals surface area contributed by atoms with Crippen LogP contribution in [0.25, 0.3) is 0 Å². The number of hydrogen-bond donors (Lipinski definition) is 1. The van der Waals surface area contributed by atoms with Gasteiger partial charge in [0.2, 0.25) is 0 Å². The standard InChI is InChI=1S/C42H48O10/c1-42(2)51-39-36(33(23-43)48-41(39)52-42)50-40-38(47-27-32-21-13-6-14-22-32)37(46-26-31-19-11-5-12-20-31)35(45-25-30-17-9-4-10-18-30)34(49-40)28-44-24-29-15-7-3-8-16-29/h3-22,33-41,43H,23-28H2,1-2H3/t33-,34?,35+,36+,37?,38?,39-,40+,41-/m1/s1. The Balaban J connectivity index is 1.22. The molecule has 0 amide bonds. The lowest BCUT2D eigenvalue weighted by Crippen LogP contribution is -2.63. The summed E-state index contributed by atoms with van der Waals surface area (Å²) in [5.74, 6) is -0.889. The number of aliphatic hydroxyl groups excluding tert-OH is 1. The van der Waals surface area contributed by atoms with Crippen molar-refractivity contribution in [2.75, 3.05) is 13.2 Å². The minimum atomic E-state index is -0.986. The second-order valence-corrected chi connectivity index (χ2v) is 13.8. The first-order valence-electron chi connectivity index (χ1n) is 18.0. The van der Waals surface area contributed by atoms with Gasteiger partial charge in [-0.2, -0.15) is 0 Å². The van der Waals surface area contributed by atoms with E-state index in [1.807, 2.05) is 135 Å². The number of aliphatic hydroxyl groups is 1. The normalized spacial score (nSPS) is 29.6. The number of fused-ring (bicyclic) bond motifs is 1. The fourth-order valence-corrected chi connectivity index (χ4v) is 6.87.